The molecule has 0 saturated heterocycles. The van der Waals surface area contributed by atoms with Crippen molar-refractivity contribution >= 4 is 5.78 Å². The van der Waals surface area contributed by atoms with Crippen LogP contribution in [0.1, 0.15) is 36.0 Å². The number of carbonyl (C=O) groups excluding carboxylic acids is 1. The molecule has 0 aliphatic heterocycles. The summed E-state index contributed by atoms with van der Waals surface area (Å²) >= 11 is 0. The van der Waals surface area contributed by atoms with E-state index >= 15 is 0 Å². The molecule has 0 radical (unpaired) electrons. The predicted octanol–water partition coefficient (Wildman–Crippen LogP) is 3.08. The molecular formula is C18H28O5. The van der Waals surface area contributed by atoms with Gasteiger partial charge < -0.3 is 18.9 Å². The third-order valence-corrected chi connectivity index (χ3v) is 3.76. The number of hydrogen-bond donors (Lipinski definition) is 0. The molecule has 0 atom stereocenters. The molecule has 1 rings (SSSR count). The summed E-state index contributed by atoms with van der Waals surface area (Å²) in [5, 5.41) is 0. The molecule has 0 bridgehead atoms. The van der Waals surface area contributed by atoms with Gasteiger partial charge in [-0.05, 0) is 25.7 Å². The van der Waals surface area contributed by atoms with Gasteiger partial charge in [-0.2, -0.15) is 0 Å². The normalized spacial score (nSPS) is 11.6. The van der Waals surface area contributed by atoms with Crippen molar-refractivity contribution in [2.75, 3.05) is 41.3 Å². The van der Waals surface area contributed by atoms with Crippen LogP contribution in [0.4, 0.5) is 0 Å². The van der Waals surface area contributed by atoms with Crippen LogP contribution in [0.25, 0.3) is 0 Å². The topological polar surface area (TPSA) is 54.0 Å². The van der Waals surface area contributed by atoms with Crippen LogP contribution in [0.5, 0.6) is 0 Å². The maximum Gasteiger partial charge on any atom is 0.194 e. The monoisotopic (exact) mass is 324 g/mol. The van der Waals surface area contributed by atoms with Gasteiger partial charge in [-0.1, -0.05) is 30.3 Å². The number of rotatable bonds is 13. The number of hydrogen-bond acceptors (Lipinski definition) is 5. The maximum atomic E-state index is 13.1. The molecule has 0 heterocycles. The van der Waals surface area contributed by atoms with Crippen LogP contribution in [0.15, 0.2) is 30.3 Å². The van der Waals surface area contributed by atoms with Gasteiger partial charge in [0.1, 0.15) is 12.4 Å². The standard InChI is InChI=1S/C18H28O5/c1-20-13-7-11-18(23-15-22-3,12-8-14-21-2)17(19)16-9-5-4-6-10-16/h4-6,9-10H,7-8,11-15H2,1-3H3. The van der Waals surface area contributed by atoms with Gasteiger partial charge in [-0.3, -0.25) is 4.79 Å². The second kappa shape index (κ2) is 11.3. The Bertz CT molecular complexity index is 422. The summed E-state index contributed by atoms with van der Waals surface area (Å²) in [7, 11) is 4.87. The van der Waals surface area contributed by atoms with Crippen molar-refractivity contribution in [3.8, 4) is 0 Å². The number of methoxy groups -OCH3 is 3. The molecule has 5 heteroatoms. The summed E-state index contributed by atoms with van der Waals surface area (Å²) in [5.74, 6) is -0.0117. The number of ether oxygens (including phenoxy) is 4. The van der Waals surface area contributed by atoms with Crippen LogP contribution in [-0.2, 0) is 18.9 Å². The summed E-state index contributed by atoms with van der Waals surface area (Å²) < 4.78 is 21.2. The van der Waals surface area contributed by atoms with Crippen LogP contribution < -0.4 is 0 Å². The number of ketones is 1. The molecule has 0 unspecified atom stereocenters. The third kappa shape index (κ3) is 6.39. The van der Waals surface area contributed by atoms with Crippen molar-refractivity contribution in [1.29, 1.82) is 0 Å². The maximum absolute atomic E-state index is 13.1. The van der Waals surface area contributed by atoms with Crippen LogP contribution >= 0.6 is 0 Å². The predicted molar refractivity (Wildman–Crippen MR) is 88.7 cm³/mol. The number of benzene rings is 1. The largest absolute Gasteiger partial charge is 0.385 e. The van der Waals surface area contributed by atoms with Gasteiger partial charge in [-0.25, -0.2) is 0 Å². The van der Waals surface area contributed by atoms with Crippen LogP contribution in [-0.4, -0.2) is 52.7 Å². The molecule has 0 spiro atoms. The van der Waals surface area contributed by atoms with Gasteiger partial charge >= 0.3 is 0 Å². The minimum atomic E-state index is -0.908. The van der Waals surface area contributed by atoms with Crippen molar-refractivity contribution < 1.29 is 23.7 Å². The molecule has 1 aromatic carbocycles. The lowest BCUT2D eigenvalue weighted by atomic mass is 9.84. The average molecular weight is 324 g/mol. The Hall–Kier alpha value is -1.27. The smallest absolute Gasteiger partial charge is 0.194 e. The Morgan fingerprint density at radius 1 is 0.913 bits per heavy atom. The zero-order valence-corrected chi connectivity index (χ0v) is 14.4. The Balaban J connectivity index is 2.98. The first-order chi connectivity index (χ1) is 11.2. The highest BCUT2D eigenvalue weighted by Crippen LogP contribution is 2.29. The van der Waals surface area contributed by atoms with E-state index in [-0.39, 0.29) is 12.6 Å². The lowest BCUT2D eigenvalue weighted by Crippen LogP contribution is -2.43. The van der Waals surface area contributed by atoms with E-state index in [0.29, 0.717) is 31.6 Å². The molecular weight excluding hydrogens is 296 g/mol. The van der Waals surface area contributed by atoms with E-state index in [2.05, 4.69) is 0 Å². The highest BCUT2D eigenvalue weighted by atomic mass is 16.7. The van der Waals surface area contributed by atoms with Gasteiger partial charge in [0.25, 0.3) is 0 Å². The second-order valence-electron chi connectivity index (χ2n) is 5.43. The highest BCUT2D eigenvalue weighted by molar-refractivity contribution is 6.02. The fraction of sp³-hybridized carbons (Fsp3) is 0.611. The number of carbonyl (C=O) groups is 1. The molecule has 0 amide bonds. The lowest BCUT2D eigenvalue weighted by molar-refractivity contribution is -0.119. The average Bonchev–Trinajstić information content (AvgIpc) is 2.59. The summed E-state index contributed by atoms with van der Waals surface area (Å²) in [6.45, 7) is 1.26. The SMILES string of the molecule is COCCCC(CCCOC)(OCOC)C(=O)c1ccccc1. The first kappa shape index (κ1) is 19.8. The van der Waals surface area contributed by atoms with E-state index in [4.69, 9.17) is 18.9 Å². The van der Waals surface area contributed by atoms with Crippen molar-refractivity contribution in [2.45, 2.75) is 31.3 Å². The van der Waals surface area contributed by atoms with E-state index in [1.54, 1.807) is 21.3 Å². The molecule has 0 saturated carbocycles. The quantitative estimate of drug-likeness (QED) is 0.317. The van der Waals surface area contributed by atoms with E-state index in [1.165, 1.54) is 0 Å². The number of Topliss-reactive ketones (excluding diaryl/α,β-unsaturated/α-hetero) is 1. The zero-order valence-electron chi connectivity index (χ0n) is 14.4. The molecule has 0 N–H and O–H groups in total. The van der Waals surface area contributed by atoms with E-state index in [1.807, 2.05) is 30.3 Å². The van der Waals surface area contributed by atoms with E-state index in [0.717, 1.165) is 12.8 Å². The molecule has 0 aromatic heterocycles. The molecule has 5 nitrogen and oxygen atoms in total. The van der Waals surface area contributed by atoms with Crippen LogP contribution in [0.2, 0.25) is 0 Å². The lowest BCUT2D eigenvalue weighted by Gasteiger charge is -2.32. The first-order valence-corrected chi connectivity index (χ1v) is 7.91. The Labute approximate surface area is 138 Å². The minimum Gasteiger partial charge on any atom is -0.385 e. The fourth-order valence-corrected chi connectivity index (χ4v) is 2.59. The molecule has 1 aromatic rings. The van der Waals surface area contributed by atoms with Gasteiger partial charge in [-0.15, -0.1) is 0 Å². The van der Waals surface area contributed by atoms with E-state index in [9.17, 15) is 4.79 Å². The van der Waals surface area contributed by atoms with Crippen molar-refractivity contribution in [1.82, 2.24) is 0 Å². The first-order valence-electron chi connectivity index (χ1n) is 7.91. The Kier molecular flexibility index (Phi) is 9.71. The van der Waals surface area contributed by atoms with E-state index < -0.39 is 5.60 Å². The molecule has 0 aliphatic rings. The van der Waals surface area contributed by atoms with Gasteiger partial charge in [0.05, 0.1) is 0 Å². The van der Waals surface area contributed by atoms with Gasteiger partial charge in [0, 0.05) is 40.1 Å². The second-order valence-corrected chi connectivity index (χ2v) is 5.43. The summed E-state index contributed by atoms with van der Waals surface area (Å²) in [5.41, 5.74) is -0.257. The Morgan fingerprint density at radius 2 is 1.48 bits per heavy atom. The molecule has 130 valence electrons. The van der Waals surface area contributed by atoms with Crippen molar-refractivity contribution in [3.05, 3.63) is 35.9 Å². The fourth-order valence-electron chi connectivity index (χ4n) is 2.59. The highest BCUT2D eigenvalue weighted by Gasteiger charge is 2.39. The minimum absolute atomic E-state index is 0.0117. The third-order valence-electron chi connectivity index (χ3n) is 3.76. The molecule has 0 fully saturated rings. The van der Waals surface area contributed by atoms with Crippen LogP contribution in [0, 0.1) is 0 Å². The van der Waals surface area contributed by atoms with Crippen molar-refractivity contribution in [3.63, 3.8) is 0 Å². The molecule has 23 heavy (non-hydrogen) atoms. The van der Waals surface area contributed by atoms with Crippen molar-refractivity contribution in [2.24, 2.45) is 0 Å². The van der Waals surface area contributed by atoms with Gasteiger partial charge in [0.15, 0.2) is 5.78 Å². The van der Waals surface area contributed by atoms with Gasteiger partial charge in [0.2, 0.25) is 0 Å². The Morgan fingerprint density at radius 3 is 1.96 bits per heavy atom. The van der Waals surface area contributed by atoms with Crippen LogP contribution in [0.3, 0.4) is 0 Å². The summed E-state index contributed by atoms with van der Waals surface area (Å²) in [4.78, 5) is 13.1. The summed E-state index contributed by atoms with van der Waals surface area (Å²) in [6, 6.07) is 9.25. The summed E-state index contributed by atoms with van der Waals surface area (Å²) in [6.07, 6.45) is 2.65. The zero-order chi connectivity index (χ0) is 17.0. The molecule has 0 aliphatic carbocycles.